The van der Waals surface area contributed by atoms with Gasteiger partial charge in [0.25, 0.3) is 0 Å². The molecule has 0 atom stereocenters. The van der Waals surface area contributed by atoms with Crippen LogP contribution in [0.1, 0.15) is 12.6 Å². The van der Waals surface area contributed by atoms with Crippen LogP contribution in [-0.2, 0) is 6.54 Å². The fourth-order valence-electron chi connectivity index (χ4n) is 0.700. The highest BCUT2D eigenvalue weighted by molar-refractivity contribution is 5.09. The van der Waals surface area contributed by atoms with E-state index in [0.717, 1.165) is 5.69 Å². The topological polar surface area (TPSA) is 38.0 Å². The minimum atomic E-state index is 0.120. The number of hydrogen-bond acceptors (Lipinski definition) is 2. The Balaban J connectivity index is 3.01. The van der Waals surface area contributed by atoms with Crippen LogP contribution in [0, 0.1) is 13.0 Å². The molecule has 0 aliphatic carbocycles. The average molecular weight is 125 g/mol. The zero-order valence-corrected chi connectivity index (χ0v) is 5.55. The third-order valence-electron chi connectivity index (χ3n) is 1.11. The molecule has 3 heteroatoms. The molecule has 0 aromatic carbocycles. The fraction of sp³-hybridized carbons (Fsp3) is 0.500. The third-order valence-corrected chi connectivity index (χ3v) is 1.11. The van der Waals surface area contributed by atoms with Gasteiger partial charge in [-0.3, -0.25) is 0 Å². The van der Waals surface area contributed by atoms with Gasteiger partial charge in [-0.25, -0.2) is 4.68 Å². The molecular weight excluding hydrogens is 116 g/mol. The number of rotatable bonds is 1. The van der Waals surface area contributed by atoms with Gasteiger partial charge in [0, 0.05) is 6.54 Å². The van der Waals surface area contributed by atoms with Gasteiger partial charge in [0.2, 0.25) is 5.88 Å². The summed E-state index contributed by atoms with van der Waals surface area (Å²) in [6, 6.07) is 2.67. The molecule has 1 rings (SSSR count). The summed E-state index contributed by atoms with van der Waals surface area (Å²) < 4.78 is 1.50. The molecule has 1 aromatic heterocycles. The van der Waals surface area contributed by atoms with E-state index in [-0.39, 0.29) is 5.88 Å². The Kier molecular flexibility index (Phi) is 1.42. The van der Waals surface area contributed by atoms with E-state index in [9.17, 15) is 0 Å². The Morgan fingerprint density at radius 1 is 1.78 bits per heavy atom. The Morgan fingerprint density at radius 3 is 2.67 bits per heavy atom. The molecule has 1 aromatic rings. The van der Waals surface area contributed by atoms with E-state index in [0.29, 0.717) is 6.54 Å². The number of aryl methyl sites for hydroxylation is 2. The molecule has 0 fully saturated rings. The quantitative estimate of drug-likeness (QED) is 0.600. The van der Waals surface area contributed by atoms with Crippen molar-refractivity contribution >= 4 is 0 Å². The molecule has 0 aliphatic heterocycles. The summed E-state index contributed by atoms with van der Waals surface area (Å²) in [6.07, 6.45) is 0. The lowest BCUT2D eigenvalue weighted by molar-refractivity contribution is 0.404. The van der Waals surface area contributed by atoms with Crippen LogP contribution < -0.4 is 0 Å². The summed E-state index contributed by atoms with van der Waals surface area (Å²) in [5.41, 5.74) is 0.731. The van der Waals surface area contributed by atoms with Gasteiger partial charge < -0.3 is 5.11 Å². The van der Waals surface area contributed by atoms with Crippen LogP contribution in [0.4, 0.5) is 0 Å². The SMILES string of the molecule is CCn1nc(C)[c]c1O. The minimum Gasteiger partial charge on any atom is -0.493 e. The molecule has 1 radical (unpaired) electrons. The van der Waals surface area contributed by atoms with Gasteiger partial charge in [-0.1, -0.05) is 0 Å². The van der Waals surface area contributed by atoms with E-state index in [1.165, 1.54) is 4.68 Å². The number of aromatic nitrogens is 2. The van der Waals surface area contributed by atoms with Gasteiger partial charge in [-0.15, -0.1) is 0 Å². The van der Waals surface area contributed by atoms with Crippen LogP contribution in [0.5, 0.6) is 5.88 Å². The van der Waals surface area contributed by atoms with E-state index in [4.69, 9.17) is 5.11 Å². The molecule has 0 saturated carbocycles. The number of hydrogen-bond donors (Lipinski definition) is 1. The maximum Gasteiger partial charge on any atom is 0.217 e. The predicted molar refractivity (Wildman–Crippen MR) is 33.1 cm³/mol. The molecule has 0 aliphatic rings. The van der Waals surface area contributed by atoms with Crippen LogP contribution in [0.15, 0.2) is 0 Å². The van der Waals surface area contributed by atoms with Crippen molar-refractivity contribution in [1.29, 1.82) is 0 Å². The average Bonchev–Trinajstić information content (AvgIpc) is 2.10. The molecule has 0 bridgehead atoms. The predicted octanol–water partition coefficient (Wildman–Crippen LogP) is 0.717. The van der Waals surface area contributed by atoms with Gasteiger partial charge in [-0.2, -0.15) is 5.10 Å². The first kappa shape index (κ1) is 6.13. The van der Waals surface area contributed by atoms with Crippen molar-refractivity contribution in [2.75, 3.05) is 0 Å². The molecule has 1 N–H and O–H groups in total. The van der Waals surface area contributed by atoms with E-state index in [2.05, 4.69) is 11.2 Å². The second-order valence-electron chi connectivity index (χ2n) is 1.85. The standard InChI is InChI=1S/C6H9N2O/c1-3-8-6(9)4-5(2)7-8/h9H,3H2,1-2H3. The smallest absolute Gasteiger partial charge is 0.217 e. The van der Waals surface area contributed by atoms with E-state index in [1.807, 2.05) is 6.92 Å². The maximum absolute atomic E-state index is 8.98. The molecule has 1 heterocycles. The Morgan fingerprint density at radius 2 is 2.44 bits per heavy atom. The summed E-state index contributed by atoms with van der Waals surface area (Å²) in [4.78, 5) is 0. The maximum atomic E-state index is 8.98. The lowest BCUT2D eigenvalue weighted by Crippen LogP contribution is -1.94. The summed E-state index contributed by atoms with van der Waals surface area (Å²) in [7, 11) is 0. The van der Waals surface area contributed by atoms with Crippen molar-refractivity contribution in [3.8, 4) is 5.88 Å². The second-order valence-corrected chi connectivity index (χ2v) is 1.85. The lowest BCUT2D eigenvalue weighted by Gasteiger charge is -1.93. The molecule has 0 unspecified atom stereocenters. The summed E-state index contributed by atoms with van der Waals surface area (Å²) in [6.45, 7) is 4.40. The Hall–Kier alpha value is -0.990. The largest absolute Gasteiger partial charge is 0.493 e. The number of nitrogens with zero attached hydrogens (tertiary/aromatic N) is 2. The minimum absolute atomic E-state index is 0.120. The molecule has 9 heavy (non-hydrogen) atoms. The molecular formula is C6H9N2O. The van der Waals surface area contributed by atoms with Crippen molar-refractivity contribution in [2.45, 2.75) is 20.4 Å². The van der Waals surface area contributed by atoms with Crippen molar-refractivity contribution in [1.82, 2.24) is 9.78 Å². The third kappa shape index (κ3) is 1.04. The monoisotopic (exact) mass is 125 g/mol. The first-order valence-electron chi connectivity index (χ1n) is 2.89. The van der Waals surface area contributed by atoms with Crippen molar-refractivity contribution in [2.24, 2.45) is 0 Å². The van der Waals surface area contributed by atoms with Gasteiger partial charge in [0.05, 0.1) is 11.8 Å². The van der Waals surface area contributed by atoms with Crippen LogP contribution >= 0.6 is 0 Å². The highest BCUT2D eigenvalue weighted by Crippen LogP contribution is 2.07. The fourth-order valence-corrected chi connectivity index (χ4v) is 0.700. The molecule has 0 amide bonds. The van der Waals surface area contributed by atoms with Crippen LogP contribution in [-0.4, -0.2) is 14.9 Å². The van der Waals surface area contributed by atoms with Gasteiger partial charge in [0.1, 0.15) is 0 Å². The molecule has 0 spiro atoms. The van der Waals surface area contributed by atoms with E-state index in [1.54, 1.807) is 6.92 Å². The molecule has 3 nitrogen and oxygen atoms in total. The Bertz CT molecular complexity index is 205. The van der Waals surface area contributed by atoms with E-state index >= 15 is 0 Å². The second kappa shape index (κ2) is 2.09. The van der Waals surface area contributed by atoms with Crippen LogP contribution in [0.25, 0.3) is 0 Å². The highest BCUT2D eigenvalue weighted by Gasteiger charge is 1.99. The first-order chi connectivity index (χ1) is 4.24. The van der Waals surface area contributed by atoms with E-state index < -0.39 is 0 Å². The van der Waals surface area contributed by atoms with Gasteiger partial charge >= 0.3 is 0 Å². The lowest BCUT2D eigenvalue weighted by atomic mass is 10.5. The summed E-state index contributed by atoms with van der Waals surface area (Å²) >= 11 is 0. The van der Waals surface area contributed by atoms with Gasteiger partial charge in [-0.05, 0) is 13.8 Å². The zero-order valence-electron chi connectivity index (χ0n) is 5.55. The van der Waals surface area contributed by atoms with Crippen LogP contribution in [0.3, 0.4) is 0 Å². The summed E-state index contributed by atoms with van der Waals surface area (Å²) in [5.74, 6) is 0.120. The molecule has 0 saturated heterocycles. The zero-order chi connectivity index (χ0) is 6.85. The van der Waals surface area contributed by atoms with Crippen molar-refractivity contribution in [3.05, 3.63) is 11.8 Å². The number of aromatic hydroxyl groups is 1. The molecule has 49 valence electrons. The highest BCUT2D eigenvalue weighted by atomic mass is 16.3. The van der Waals surface area contributed by atoms with Gasteiger partial charge in [0.15, 0.2) is 0 Å². The van der Waals surface area contributed by atoms with Crippen molar-refractivity contribution in [3.63, 3.8) is 0 Å². The Labute approximate surface area is 53.9 Å². The summed E-state index contributed by atoms with van der Waals surface area (Å²) in [5, 5.41) is 12.9. The van der Waals surface area contributed by atoms with Crippen LogP contribution in [0.2, 0.25) is 0 Å². The first-order valence-corrected chi connectivity index (χ1v) is 2.89. The van der Waals surface area contributed by atoms with Crippen molar-refractivity contribution < 1.29 is 5.11 Å². The normalized spacial score (nSPS) is 10.0.